The molecule has 21 heavy (non-hydrogen) atoms. The van der Waals surface area contributed by atoms with Crippen molar-refractivity contribution in [2.75, 3.05) is 0 Å². The number of carbonyl (C=O) groups is 1. The number of nitrogens with one attached hydrogen (secondary N) is 1. The molecule has 2 heterocycles. The second-order valence-electron chi connectivity index (χ2n) is 4.57. The zero-order chi connectivity index (χ0) is 14.7. The van der Waals surface area contributed by atoms with Gasteiger partial charge < -0.3 is 5.32 Å². The normalized spacial score (nSPS) is 10.5. The molecule has 3 aromatic rings. The maximum Gasteiger partial charge on any atom is 0.261 e. The highest BCUT2D eigenvalue weighted by atomic mass is 32.1. The van der Waals surface area contributed by atoms with Gasteiger partial charge in [-0.2, -0.15) is 0 Å². The molecule has 0 radical (unpaired) electrons. The Balaban J connectivity index is 1.74. The lowest BCUT2D eigenvalue weighted by atomic mass is 10.3. The van der Waals surface area contributed by atoms with Crippen molar-refractivity contribution in [1.29, 1.82) is 0 Å². The largest absolute Gasteiger partial charge is 0.344 e. The molecule has 0 aliphatic carbocycles. The van der Waals surface area contributed by atoms with Crippen LogP contribution in [0, 0.1) is 6.92 Å². The van der Waals surface area contributed by atoms with Gasteiger partial charge in [-0.25, -0.2) is 0 Å². The highest BCUT2D eigenvalue weighted by Gasteiger charge is 2.12. The molecule has 0 spiro atoms. The second-order valence-corrected chi connectivity index (χ2v) is 5.48. The van der Waals surface area contributed by atoms with Gasteiger partial charge in [-0.3, -0.25) is 9.36 Å². The van der Waals surface area contributed by atoms with Crippen LogP contribution in [-0.4, -0.2) is 20.7 Å². The van der Waals surface area contributed by atoms with Gasteiger partial charge in [-0.15, -0.1) is 21.5 Å². The molecule has 0 aliphatic rings. The number of rotatable bonds is 4. The Morgan fingerprint density at radius 2 is 2.10 bits per heavy atom. The minimum Gasteiger partial charge on any atom is -0.344 e. The summed E-state index contributed by atoms with van der Waals surface area (Å²) in [5.41, 5.74) is 1.96. The van der Waals surface area contributed by atoms with Crippen LogP contribution in [0.25, 0.3) is 5.69 Å². The Morgan fingerprint density at radius 1 is 1.29 bits per heavy atom. The van der Waals surface area contributed by atoms with Crippen LogP contribution in [-0.2, 0) is 6.54 Å². The van der Waals surface area contributed by atoms with Crippen LogP contribution >= 0.6 is 11.3 Å². The fourth-order valence-corrected chi connectivity index (χ4v) is 2.87. The minimum atomic E-state index is -0.0786. The van der Waals surface area contributed by atoms with Crippen molar-refractivity contribution in [2.45, 2.75) is 13.5 Å². The number of carbonyl (C=O) groups excluding carboxylic acids is 1. The quantitative estimate of drug-likeness (QED) is 0.805. The van der Waals surface area contributed by atoms with Crippen LogP contribution in [0.3, 0.4) is 0 Å². The fraction of sp³-hybridized carbons (Fsp3) is 0.133. The maximum atomic E-state index is 12.1. The molecule has 2 aromatic heterocycles. The summed E-state index contributed by atoms with van der Waals surface area (Å²) in [6.45, 7) is 2.27. The van der Waals surface area contributed by atoms with E-state index in [-0.39, 0.29) is 5.91 Å². The summed E-state index contributed by atoms with van der Waals surface area (Å²) >= 11 is 1.44. The summed E-state index contributed by atoms with van der Waals surface area (Å²) in [4.78, 5) is 12.8. The first-order valence-electron chi connectivity index (χ1n) is 6.52. The van der Waals surface area contributed by atoms with Crippen molar-refractivity contribution in [3.63, 3.8) is 0 Å². The molecule has 0 saturated carbocycles. The van der Waals surface area contributed by atoms with E-state index in [1.54, 1.807) is 6.33 Å². The number of hydrogen-bond acceptors (Lipinski definition) is 4. The molecule has 0 unspecified atom stereocenters. The maximum absolute atomic E-state index is 12.1. The number of para-hydroxylation sites is 1. The van der Waals surface area contributed by atoms with Crippen molar-refractivity contribution in [3.8, 4) is 5.69 Å². The minimum absolute atomic E-state index is 0.0786. The smallest absolute Gasteiger partial charge is 0.261 e. The number of hydrogen-bond donors (Lipinski definition) is 1. The Hall–Kier alpha value is -2.47. The third kappa shape index (κ3) is 2.85. The van der Waals surface area contributed by atoms with Gasteiger partial charge in [0.25, 0.3) is 5.91 Å². The van der Waals surface area contributed by atoms with Gasteiger partial charge in [0, 0.05) is 5.69 Å². The molecule has 6 heteroatoms. The Morgan fingerprint density at radius 3 is 2.81 bits per heavy atom. The van der Waals surface area contributed by atoms with E-state index in [1.807, 2.05) is 53.3 Å². The zero-order valence-electron chi connectivity index (χ0n) is 11.5. The highest BCUT2D eigenvalue weighted by Crippen LogP contribution is 2.15. The number of benzene rings is 1. The second kappa shape index (κ2) is 5.88. The molecule has 0 bridgehead atoms. The number of thiophene rings is 1. The van der Waals surface area contributed by atoms with Gasteiger partial charge in [0.05, 0.1) is 11.4 Å². The first-order valence-corrected chi connectivity index (χ1v) is 7.40. The number of aryl methyl sites for hydroxylation is 1. The average molecular weight is 298 g/mol. The first-order chi connectivity index (χ1) is 10.3. The predicted octanol–water partition coefficient (Wildman–Crippen LogP) is 2.57. The molecule has 0 fully saturated rings. The molecule has 0 atom stereocenters. The van der Waals surface area contributed by atoms with Gasteiger partial charge >= 0.3 is 0 Å². The summed E-state index contributed by atoms with van der Waals surface area (Å²) in [5, 5.41) is 12.8. The summed E-state index contributed by atoms with van der Waals surface area (Å²) in [5.74, 6) is 0.619. The lowest BCUT2D eigenvalue weighted by Crippen LogP contribution is -2.24. The van der Waals surface area contributed by atoms with Crippen LogP contribution in [0.5, 0.6) is 0 Å². The third-order valence-corrected chi connectivity index (χ3v) is 4.14. The van der Waals surface area contributed by atoms with E-state index < -0.39 is 0 Å². The van der Waals surface area contributed by atoms with Crippen LogP contribution in [0.1, 0.15) is 21.1 Å². The standard InChI is InChI=1S/C15H14N4OS/c1-11-7-8-21-14(11)15(20)16-9-13-18-17-10-19(13)12-5-3-2-4-6-12/h2-8,10H,9H2,1H3,(H,16,20). The van der Waals surface area contributed by atoms with Gasteiger partial charge in [0.1, 0.15) is 6.33 Å². The third-order valence-electron chi connectivity index (χ3n) is 3.13. The average Bonchev–Trinajstić information content (AvgIpc) is 3.14. The van der Waals surface area contributed by atoms with E-state index in [1.165, 1.54) is 11.3 Å². The SMILES string of the molecule is Cc1ccsc1C(=O)NCc1nncn1-c1ccccc1. The molecule has 1 amide bonds. The molecular weight excluding hydrogens is 284 g/mol. The van der Waals surface area contributed by atoms with Crippen LogP contribution in [0.2, 0.25) is 0 Å². The molecule has 0 aliphatic heterocycles. The Kier molecular flexibility index (Phi) is 3.79. The predicted molar refractivity (Wildman–Crippen MR) is 81.6 cm³/mol. The Bertz CT molecular complexity index is 748. The van der Waals surface area contributed by atoms with Gasteiger partial charge in [-0.1, -0.05) is 18.2 Å². The number of amides is 1. The topological polar surface area (TPSA) is 59.8 Å². The van der Waals surface area contributed by atoms with Gasteiger partial charge in [0.15, 0.2) is 5.82 Å². The summed E-state index contributed by atoms with van der Waals surface area (Å²) in [7, 11) is 0. The number of aromatic nitrogens is 3. The zero-order valence-corrected chi connectivity index (χ0v) is 12.3. The summed E-state index contributed by atoms with van der Waals surface area (Å²) in [6.07, 6.45) is 1.65. The number of nitrogens with zero attached hydrogens (tertiary/aromatic N) is 3. The molecule has 0 saturated heterocycles. The van der Waals surface area contributed by atoms with Gasteiger partial charge in [-0.05, 0) is 36.1 Å². The lowest BCUT2D eigenvalue weighted by Gasteiger charge is -2.07. The van der Waals surface area contributed by atoms with Crippen molar-refractivity contribution in [2.24, 2.45) is 0 Å². The van der Waals surface area contributed by atoms with Crippen molar-refractivity contribution in [3.05, 3.63) is 64.4 Å². The molecule has 1 N–H and O–H groups in total. The Labute approximate surface area is 126 Å². The molecule has 3 rings (SSSR count). The van der Waals surface area contributed by atoms with Crippen LogP contribution in [0.4, 0.5) is 0 Å². The molecule has 106 valence electrons. The lowest BCUT2D eigenvalue weighted by molar-refractivity contribution is 0.0953. The van der Waals surface area contributed by atoms with Crippen molar-refractivity contribution in [1.82, 2.24) is 20.1 Å². The molecule has 5 nitrogen and oxygen atoms in total. The van der Waals surface area contributed by atoms with E-state index in [2.05, 4.69) is 15.5 Å². The van der Waals surface area contributed by atoms with Crippen LogP contribution < -0.4 is 5.32 Å². The van der Waals surface area contributed by atoms with E-state index in [4.69, 9.17) is 0 Å². The molecular formula is C15H14N4OS. The van der Waals surface area contributed by atoms with Crippen molar-refractivity contribution >= 4 is 17.2 Å². The van der Waals surface area contributed by atoms with E-state index in [0.717, 1.165) is 16.1 Å². The first kappa shape index (κ1) is 13.5. The molecule has 1 aromatic carbocycles. The van der Waals surface area contributed by atoms with E-state index >= 15 is 0 Å². The monoisotopic (exact) mass is 298 g/mol. The van der Waals surface area contributed by atoms with Crippen molar-refractivity contribution < 1.29 is 4.79 Å². The van der Waals surface area contributed by atoms with E-state index in [9.17, 15) is 4.79 Å². The fourth-order valence-electron chi connectivity index (χ4n) is 2.03. The summed E-state index contributed by atoms with van der Waals surface area (Å²) < 4.78 is 1.86. The highest BCUT2D eigenvalue weighted by molar-refractivity contribution is 7.12. The summed E-state index contributed by atoms with van der Waals surface area (Å²) in [6, 6.07) is 11.7. The van der Waals surface area contributed by atoms with E-state index in [0.29, 0.717) is 12.4 Å². The van der Waals surface area contributed by atoms with Crippen LogP contribution in [0.15, 0.2) is 48.1 Å². The van der Waals surface area contributed by atoms with Gasteiger partial charge in [0.2, 0.25) is 0 Å².